The standard InChI is InChI=1S/C23H20ClN5O2S/c1-31-20-5-3-2-4-17(20)14-26-21(30)15-32-23-28-27-22(16-10-12-25-13-11-16)29(23)19-8-6-18(24)7-9-19/h2-13H,14-15H2,1H3,(H,26,30). The molecule has 32 heavy (non-hydrogen) atoms. The SMILES string of the molecule is COc1ccccc1CNC(=O)CSc1nnc(-c2ccncc2)n1-c1ccc(Cl)cc1. The molecular formula is C23H20ClN5O2S. The Kier molecular flexibility index (Phi) is 7.03. The summed E-state index contributed by atoms with van der Waals surface area (Å²) in [6.07, 6.45) is 3.41. The zero-order chi connectivity index (χ0) is 22.3. The van der Waals surface area contributed by atoms with Gasteiger partial charge in [-0.3, -0.25) is 14.3 Å². The van der Waals surface area contributed by atoms with Crippen LogP contribution in [0.25, 0.3) is 17.1 Å². The lowest BCUT2D eigenvalue weighted by Crippen LogP contribution is -2.25. The van der Waals surface area contributed by atoms with Crippen molar-refractivity contribution < 1.29 is 9.53 Å². The van der Waals surface area contributed by atoms with E-state index in [-0.39, 0.29) is 11.7 Å². The van der Waals surface area contributed by atoms with Crippen LogP contribution in [0.2, 0.25) is 5.02 Å². The van der Waals surface area contributed by atoms with Gasteiger partial charge in [0, 0.05) is 40.8 Å². The van der Waals surface area contributed by atoms with Gasteiger partial charge in [-0.2, -0.15) is 0 Å². The maximum atomic E-state index is 12.5. The topological polar surface area (TPSA) is 81.9 Å². The van der Waals surface area contributed by atoms with Gasteiger partial charge in [0.2, 0.25) is 5.91 Å². The third-order valence-electron chi connectivity index (χ3n) is 4.66. The minimum atomic E-state index is -0.114. The van der Waals surface area contributed by atoms with Crippen LogP contribution in [0.4, 0.5) is 0 Å². The van der Waals surface area contributed by atoms with E-state index in [1.807, 2.05) is 65.2 Å². The molecule has 0 fully saturated rings. The van der Waals surface area contributed by atoms with Crippen LogP contribution >= 0.6 is 23.4 Å². The molecule has 4 aromatic rings. The lowest BCUT2D eigenvalue weighted by molar-refractivity contribution is -0.118. The Balaban J connectivity index is 1.51. The van der Waals surface area contributed by atoms with Gasteiger partial charge < -0.3 is 10.1 Å². The number of hydrogen-bond acceptors (Lipinski definition) is 6. The Morgan fingerprint density at radius 2 is 1.81 bits per heavy atom. The van der Waals surface area contributed by atoms with Gasteiger partial charge >= 0.3 is 0 Å². The van der Waals surface area contributed by atoms with Crippen LogP contribution < -0.4 is 10.1 Å². The van der Waals surface area contributed by atoms with Crippen molar-refractivity contribution in [3.8, 4) is 22.8 Å². The number of halogens is 1. The van der Waals surface area contributed by atoms with Crippen molar-refractivity contribution in [1.29, 1.82) is 0 Å². The molecule has 0 atom stereocenters. The van der Waals surface area contributed by atoms with Crippen molar-refractivity contribution in [2.45, 2.75) is 11.7 Å². The molecule has 0 saturated carbocycles. The molecule has 162 valence electrons. The van der Waals surface area contributed by atoms with E-state index in [4.69, 9.17) is 16.3 Å². The zero-order valence-electron chi connectivity index (χ0n) is 17.2. The molecule has 7 nitrogen and oxygen atoms in total. The van der Waals surface area contributed by atoms with Gasteiger partial charge in [-0.15, -0.1) is 10.2 Å². The summed E-state index contributed by atoms with van der Waals surface area (Å²) in [6.45, 7) is 0.384. The third kappa shape index (κ3) is 5.09. The number of aromatic nitrogens is 4. The van der Waals surface area contributed by atoms with Gasteiger partial charge in [0.1, 0.15) is 5.75 Å². The maximum absolute atomic E-state index is 12.5. The van der Waals surface area contributed by atoms with E-state index in [1.54, 1.807) is 19.5 Å². The van der Waals surface area contributed by atoms with Crippen LogP contribution in [0.5, 0.6) is 5.75 Å². The second-order valence-electron chi connectivity index (χ2n) is 6.73. The Bertz CT molecular complexity index is 1200. The highest BCUT2D eigenvalue weighted by atomic mass is 35.5. The highest BCUT2D eigenvalue weighted by molar-refractivity contribution is 7.99. The molecule has 2 heterocycles. The van der Waals surface area contributed by atoms with E-state index < -0.39 is 0 Å². The summed E-state index contributed by atoms with van der Waals surface area (Å²) in [4.78, 5) is 16.6. The molecule has 0 saturated heterocycles. The fraction of sp³-hybridized carbons (Fsp3) is 0.130. The van der Waals surface area contributed by atoms with Crippen LogP contribution in [0.15, 0.2) is 78.2 Å². The van der Waals surface area contributed by atoms with E-state index in [0.29, 0.717) is 22.5 Å². The van der Waals surface area contributed by atoms with Crippen molar-refractivity contribution in [3.63, 3.8) is 0 Å². The van der Waals surface area contributed by atoms with Gasteiger partial charge in [0.15, 0.2) is 11.0 Å². The minimum absolute atomic E-state index is 0.114. The summed E-state index contributed by atoms with van der Waals surface area (Å²) >= 11 is 7.38. The number of hydrogen-bond donors (Lipinski definition) is 1. The Hall–Kier alpha value is -3.36. The minimum Gasteiger partial charge on any atom is -0.496 e. The molecule has 0 spiro atoms. The number of nitrogens with one attached hydrogen (secondary N) is 1. The predicted octanol–water partition coefficient (Wildman–Crippen LogP) is 4.40. The molecule has 2 aromatic carbocycles. The molecule has 0 aliphatic rings. The Morgan fingerprint density at radius 1 is 1.06 bits per heavy atom. The van der Waals surface area contributed by atoms with Crippen LogP contribution in [0.3, 0.4) is 0 Å². The lowest BCUT2D eigenvalue weighted by Gasteiger charge is -2.11. The maximum Gasteiger partial charge on any atom is 0.230 e. The highest BCUT2D eigenvalue weighted by Crippen LogP contribution is 2.28. The van der Waals surface area contributed by atoms with Crippen molar-refractivity contribution in [3.05, 3.63) is 83.6 Å². The quantitative estimate of drug-likeness (QED) is 0.388. The van der Waals surface area contributed by atoms with Crippen molar-refractivity contribution in [1.82, 2.24) is 25.1 Å². The van der Waals surface area contributed by atoms with E-state index >= 15 is 0 Å². The van der Waals surface area contributed by atoms with Crippen LogP contribution in [0, 0.1) is 0 Å². The molecule has 4 rings (SSSR count). The molecule has 0 radical (unpaired) electrons. The summed E-state index contributed by atoms with van der Waals surface area (Å²) in [6, 6.07) is 18.7. The van der Waals surface area contributed by atoms with Crippen LogP contribution in [0.1, 0.15) is 5.56 Å². The zero-order valence-corrected chi connectivity index (χ0v) is 18.8. The molecule has 0 aliphatic carbocycles. The smallest absolute Gasteiger partial charge is 0.230 e. The van der Waals surface area contributed by atoms with Crippen molar-refractivity contribution in [2.75, 3.05) is 12.9 Å². The number of amides is 1. The Morgan fingerprint density at radius 3 is 2.56 bits per heavy atom. The molecular weight excluding hydrogens is 446 g/mol. The largest absolute Gasteiger partial charge is 0.496 e. The monoisotopic (exact) mass is 465 g/mol. The molecule has 2 aromatic heterocycles. The van der Waals surface area contributed by atoms with E-state index in [0.717, 1.165) is 22.6 Å². The van der Waals surface area contributed by atoms with Gasteiger partial charge in [0.25, 0.3) is 0 Å². The van der Waals surface area contributed by atoms with Crippen molar-refractivity contribution in [2.24, 2.45) is 0 Å². The molecule has 1 amide bonds. The fourth-order valence-electron chi connectivity index (χ4n) is 3.10. The van der Waals surface area contributed by atoms with E-state index in [9.17, 15) is 4.79 Å². The first-order valence-corrected chi connectivity index (χ1v) is 11.1. The second-order valence-corrected chi connectivity index (χ2v) is 8.11. The molecule has 1 N–H and O–H groups in total. The van der Waals surface area contributed by atoms with E-state index in [1.165, 1.54) is 11.8 Å². The fourth-order valence-corrected chi connectivity index (χ4v) is 4.01. The molecule has 0 unspecified atom stereocenters. The average molecular weight is 466 g/mol. The first kappa shape index (κ1) is 21.9. The number of methoxy groups -OCH3 is 1. The van der Waals surface area contributed by atoms with Crippen LogP contribution in [-0.2, 0) is 11.3 Å². The lowest BCUT2D eigenvalue weighted by atomic mass is 10.2. The number of carbonyl (C=O) groups excluding carboxylic acids is 1. The van der Waals surface area contributed by atoms with Gasteiger partial charge in [-0.25, -0.2) is 0 Å². The van der Waals surface area contributed by atoms with Crippen molar-refractivity contribution >= 4 is 29.3 Å². The normalized spacial score (nSPS) is 10.7. The highest BCUT2D eigenvalue weighted by Gasteiger charge is 2.17. The number of ether oxygens (including phenoxy) is 1. The first-order valence-electron chi connectivity index (χ1n) is 9.79. The molecule has 0 bridgehead atoms. The Labute approximate surface area is 194 Å². The first-order chi connectivity index (χ1) is 15.7. The average Bonchev–Trinajstić information content (AvgIpc) is 3.26. The van der Waals surface area contributed by atoms with Gasteiger partial charge in [0.05, 0.1) is 12.9 Å². The number of thioether (sulfide) groups is 1. The summed E-state index contributed by atoms with van der Waals surface area (Å²) in [5.41, 5.74) is 2.63. The second kappa shape index (κ2) is 10.3. The van der Waals surface area contributed by atoms with E-state index in [2.05, 4.69) is 20.5 Å². The number of pyridine rings is 1. The molecule has 9 heteroatoms. The number of rotatable bonds is 8. The summed E-state index contributed by atoms with van der Waals surface area (Å²) < 4.78 is 7.24. The summed E-state index contributed by atoms with van der Waals surface area (Å²) in [7, 11) is 1.61. The summed E-state index contributed by atoms with van der Waals surface area (Å²) in [5, 5.41) is 12.9. The van der Waals surface area contributed by atoms with Gasteiger partial charge in [-0.1, -0.05) is 41.6 Å². The summed E-state index contributed by atoms with van der Waals surface area (Å²) in [5.74, 6) is 1.48. The van der Waals surface area contributed by atoms with Crippen LogP contribution in [-0.4, -0.2) is 38.5 Å². The molecule has 0 aliphatic heterocycles. The predicted molar refractivity (Wildman–Crippen MR) is 125 cm³/mol. The third-order valence-corrected chi connectivity index (χ3v) is 5.84. The number of nitrogens with zero attached hydrogens (tertiary/aromatic N) is 4. The number of para-hydroxylation sites is 1. The van der Waals surface area contributed by atoms with Gasteiger partial charge in [-0.05, 0) is 42.5 Å². The number of carbonyl (C=O) groups is 1. The number of benzene rings is 2.